The van der Waals surface area contributed by atoms with Crippen molar-refractivity contribution in [1.82, 2.24) is 4.90 Å². The number of benzene rings is 3. The number of nitrogens with zero attached hydrogens (tertiary/aromatic N) is 3. The van der Waals surface area contributed by atoms with Crippen molar-refractivity contribution in [2.24, 2.45) is 5.18 Å². The molecule has 1 aliphatic rings. The molecule has 6 nitrogen and oxygen atoms in total. The van der Waals surface area contributed by atoms with Crippen LogP contribution in [0.4, 0.5) is 17.1 Å². The first-order chi connectivity index (χ1) is 16.0. The van der Waals surface area contributed by atoms with Crippen LogP contribution in [0.1, 0.15) is 41.3 Å². The Labute approximate surface area is 195 Å². The number of piperazine rings is 1. The Bertz CT molecular complexity index is 1090. The second-order valence-corrected chi connectivity index (χ2v) is 8.69. The van der Waals surface area contributed by atoms with Crippen LogP contribution in [-0.2, 0) is 6.54 Å². The van der Waals surface area contributed by atoms with Crippen molar-refractivity contribution in [3.63, 3.8) is 0 Å². The molecule has 0 unspecified atom stereocenters. The third kappa shape index (κ3) is 5.40. The fraction of sp³-hybridized carbons (Fsp3) is 0.296. The molecule has 1 aliphatic heterocycles. The number of amides is 1. The van der Waals surface area contributed by atoms with Gasteiger partial charge in [-0.05, 0) is 52.6 Å². The molecule has 4 rings (SSSR count). The molecule has 0 spiro atoms. The molecular formula is C27H30N4O2. The van der Waals surface area contributed by atoms with Gasteiger partial charge in [0.25, 0.3) is 5.91 Å². The van der Waals surface area contributed by atoms with Gasteiger partial charge in [0.1, 0.15) is 5.69 Å². The molecule has 170 valence electrons. The van der Waals surface area contributed by atoms with Crippen LogP contribution in [0.5, 0.6) is 0 Å². The van der Waals surface area contributed by atoms with Gasteiger partial charge in [-0.1, -0.05) is 56.3 Å². The monoisotopic (exact) mass is 442 g/mol. The maximum atomic E-state index is 12.9. The highest BCUT2D eigenvalue weighted by molar-refractivity contribution is 5.94. The van der Waals surface area contributed by atoms with E-state index in [2.05, 4.69) is 29.2 Å². The number of hydrogen-bond acceptors (Lipinski definition) is 5. The van der Waals surface area contributed by atoms with Gasteiger partial charge < -0.3 is 15.1 Å². The largest absolute Gasteiger partial charge is 0.379 e. The highest BCUT2D eigenvalue weighted by atomic mass is 16.3. The molecule has 1 saturated heterocycles. The number of nitroso groups, excluding NO2 is 1. The normalized spacial score (nSPS) is 13.8. The number of nitrogens with one attached hydrogen (secondary N) is 1. The molecule has 0 bridgehead atoms. The first-order valence-corrected chi connectivity index (χ1v) is 11.4. The second kappa shape index (κ2) is 10.3. The molecule has 1 fully saturated rings. The predicted molar refractivity (Wildman–Crippen MR) is 134 cm³/mol. The zero-order chi connectivity index (χ0) is 23.2. The highest BCUT2D eigenvalue weighted by Gasteiger charge is 2.23. The van der Waals surface area contributed by atoms with Crippen molar-refractivity contribution >= 4 is 23.0 Å². The van der Waals surface area contributed by atoms with Crippen LogP contribution in [-0.4, -0.2) is 37.0 Å². The van der Waals surface area contributed by atoms with E-state index in [9.17, 15) is 9.70 Å². The molecule has 1 amide bonds. The van der Waals surface area contributed by atoms with E-state index < -0.39 is 0 Å². The summed E-state index contributed by atoms with van der Waals surface area (Å²) < 4.78 is 0. The summed E-state index contributed by atoms with van der Waals surface area (Å²) in [5.41, 5.74) is 5.24. The minimum atomic E-state index is 0.0793. The average Bonchev–Trinajstić information content (AvgIpc) is 2.87. The number of carbonyl (C=O) groups is 1. The molecule has 0 radical (unpaired) electrons. The fourth-order valence-electron chi connectivity index (χ4n) is 4.10. The molecule has 1 heterocycles. The summed E-state index contributed by atoms with van der Waals surface area (Å²) in [6.07, 6.45) is 0. The number of hydrogen-bond donors (Lipinski definition) is 1. The topological polar surface area (TPSA) is 65.0 Å². The van der Waals surface area contributed by atoms with Crippen LogP contribution < -0.4 is 10.2 Å². The van der Waals surface area contributed by atoms with E-state index in [4.69, 9.17) is 0 Å². The van der Waals surface area contributed by atoms with Crippen molar-refractivity contribution in [1.29, 1.82) is 0 Å². The smallest absolute Gasteiger partial charge is 0.253 e. The summed E-state index contributed by atoms with van der Waals surface area (Å²) in [5, 5.41) is 6.51. The number of carbonyl (C=O) groups excluding carboxylic acids is 1. The Morgan fingerprint density at radius 2 is 1.64 bits per heavy atom. The lowest BCUT2D eigenvalue weighted by molar-refractivity contribution is 0.0747. The fourth-order valence-corrected chi connectivity index (χ4v) is 4.10. The molecule has 0 atom stereocenters. The first kappa shape index (κ1) is 22.5. The maximum Gasteiger partial charge on any atom is 0.253 e. The Balaban J connectivity index is 1.39. The molecule has 6 heteroatoms. The summed E-state index contributed by atoms with van der Waals surface area (Å²) in [5.74, 6) is 0.529. The van der Waals surface area contributed by atoms with Crippen molar-refractivity contribution in [2.75, 3.05) is 36.4 Å². The zero-order valence-electron chi connectivity index (χ0n) is 19.2. The van der Waals surface area contributed by atoms with Gasteiger partial charge in [-0.15, -0.1) is 4.91 Å². The summed E-state index contributed by atoms with van der Waals surface area (Å²) in [6.45, 7) is 7.71. The molecular weight excluding hydrogens is 412 g/mol. The van der Waals surface area contributed by atoms with E-state index in [0.29, 0.717) is 31.2 Å². The Hall–Kier alpha value is -3.67. The van der Waals surface area contributed by atoms with Gasteiger partial charge in [-0.2, -0.15) is 0 Å². The van der Waals surface area contributed by atoms with Crippen LogP contribution in [0.2, 0.25) is 0 Å². The summed E-state index contributed by atoms with van der Waals surface area (Å²) >= 11 is 0. The Kier molecular flexibility index (Phi) is 7.03. The molecule has 3 aromatic carbocycles. The lowest BCUT2D eigenvalue weighted by atomic mass is 10.0. The van der Waals surface area contributed by atoms with Gasteiger partial charge in [0.15, 0.2) is 0 Å². The van der Waals surface area contributed by atoms with Crippen LogP contribution in [0, 0.1) is 4.91 Å². The molecule has 3 aromatic rings. The average molecular weight is 443 g/mol. The van der Waals surface area contributed by atoms with Crippen molar-refractivity contribution in [2.45, 2.75) is 26.3 Å². The van der Waals surface area contributed by atoms with E-state index in [1.807, 2.05) is 71.6 Å². The third-order valence-electron chi connectivity index (χ3n) is 6.16. The molecule has 0 aromatic heterocycles. The Morgan fingerprint density at radius 1 is 0.939 bits per heavy atom. The zero-order valence-corrected chi connectivity index (χ0v) is 19.2. The minimum Gasteiger partial charge on any atom is -0.379 e. The first-order valence-electron chi connectivity index (χ1n) is 11.4. The van der Waals surface area contributed by atoms with E-state index in [1.165, 1.54) is 5.56 Å². The van der Waals surface area contributed by atoms with Gasteiger partial charge in [-0.25, -0.2) is 0 Å². The van der Waals surface area contributed by atoms with Gasteiger partial charge in [0, 0.05) is 44.0 Å². The Morgan fingerprint density at radius 3 is 2.27 bits per heavy atom. The maximum absolute atomic E-state index is 12.9. The van der Waals surface area contributed by atoms with Gasteiger partial charge in [0.05, 0.1) is 5.69 Å². The SMILES string of the molecule is CC(C)c1ccc(C(=O)N2CCN(c3ccc(N=O)c(NCc4ccccc4)c3)CC2)cc1. The minimum absolute atomic E-state index is 0.0793. The summed E-state index contributed by atoms with van der Waals surface area (Å²) in [7, 11) is 0. The van der Waals surface area contributed by atoms with E-state index in [1.54, 1.807) is 6.07 Å². The van der Waals surface area contributed by atoms with Gasteiger partial charge in [-0.3, -0.25) is 4.79 Å². The van der Waals surface area contributed by atoms with Crippen molar-refractivity contribution in [3.8, 4) is 0 Å². The third-order valence-corrected chi connectivity index (χ3v) is 6.16. The molecule has 1 N–H and O–H groups in total. The van der Waals surface area contributed by atoms with Crippen LogP contribution >= 0.6 is 0 Å². The van der Waals surface area contributed by atoms with E-state index in [-0.39, 0.29) is 5.91 Å². The van der Waals surface area contributed by atoms with Crippen LogP contribution in [0.25, 0.3) is 0 Å². The van der Waals surface area contributed by atoms with Gasteiger partial charge >= 0.3 is 0 Å². The number of rotatable bonds is 7. The lowest BCUT2D eigenvalue weighted by Crippen LogP contribution is -2.48. The van der Waals surface area contributed by atoms with E-state index >= 15 is 0 Å². The predicted octanol–water partition coefficient (Wildman–Crippen LogP) is 5.78. The van der Waals surface area contributed by atoms with Crippen LogP contribution in [0.3, 0.4) is 0 Å². The number of anilines is 2. The van der Waals surface area contributed by atoms with Crippen molar-refractivity contribution < 1.29 is 4.79 Å². The standard InChI is InChI=1S/C27H30N4O2/c1-20(2)22-8-10-23(11-9-22)27(32)31-16-14-30(15-17-31)24-12-13-25(29-33)26(18-24)28-19-21-6-4-3-5-7-21/h3-13,18,20,28H,14-17,19H2,1-2H3. The second-order valence-electron chi connectivity index (χ2n) is 8.69. The lowest BCUT2D eigenvalue weighted by Gasteiger charge is -2.36. The molecule has 0 aliphatic carbocycles. The summed E-state index contributed by atoms with van der Waals surface area (Å²) in [4.78, 5) is 28.4. The van der Waals surface area contributed by atoms with Gasteiger partial charge in [0.2, 0.25) is 0 Å². The summed E-state index contributed by atoms with van der Waals surface area (Å²) in [6, 6.07) is 23.6. The van der Waals surface area contributed by atoms with Crippen LogP contribution in [0.15, 0.2) is 78.0 Å². The highest BCUT2D eigenvalue weighted by Crippen LogP contribution is 2.31. The molecule has 0 saturated carbocycles. The van der Waals surface area contributed by atoms with Crippen molar-refractivity contribution in [3.05, 3.63) is 94.4 Å². The quantitative estimate of drug-likeness (QED) is 0.471. The van der Waals surface area contributed by atoms with E-state index in [0.717, 1.165) is 35.6 Å². The molecule has 33 heavy (non-hydrogen) atoms.